The van der Waals surface area contributed by atoms with Gasteiger partial charge in [-0.2, -0.15) is 4.31 Å². The van der Waals surface area contributed by atoms with Crippen LogP contribution in [0.15, 0.2) is 29.2 Å². The van der Waals surface area contributed by atoms with E-state index in [2.05, 4.69) is 0 Å². The van der Waals surface area contributed by atoms with Crippen molar-refractivity contribution in [2.75, 3.05) is 25.6 Å². The Balaban J connectivity index is 2.00. The molecule has 0 spiro atoms. The van der Waals surface area contributed by atoms with E-state index in [4.69, 9.17) is 16.3 Å². The summed E-state index contributed by atoms with van der Waals surface area (Å²) in [7, 11) is -3.37. The molecule has 1 aromatic carbocycles. The largest absolute Gasteiger partial charge is 0.377 e. The molecule has 0 unspecified atom stereocenters. The summed E-state index contributed by atoms with van der Waals surface area (Å²) in [4.78, 5) is 0.364. The second kappa shape index (κ2) is 6.89. The number of alkyl halides is 1. The maximum atomic E-state index is 12.5. The van der Waals surface area contributed by atoms with Crippen LogP contribution < -0.4 is 0 Å². The molecular weight excluding hydrogens is 298 g/mol. The summed E-state index contributed by atoms with van der Waals surface area (Å²) in [6.45, 7) is 3.47. The molecule has 1 heterocycles. The molecule has 0 saturated carbocycles. The highest BCUT2D eigenvalue weighted by Crippen LogP contribution is 2.22. The summed E-state index contributed by atoms with van der Waals surface area (Å²) in [5.74, 6) is 0.474. The minimum Gasteiger partial charge on any atom is -0.377 e. The molecule has 2 rings (SSSR count). The maximum absolute atomic E-state index is 12.5. The minimum atomic E-state index is -3.37. The van der Waals surface area contributed by atoms with Gasteiger partial charge in [0.1, 0.15) is 0 Å². The Bertz CT molecular complexity index is 522. The van der Waals surface area contributed by atoms with Crippen LogP contribution in [-0.2, 0) is 14.8 Å². The van der Waals surface area contributed by atoms with E-state index >= 15 is 0 Å². The molecule has 1 aliphatic heterocycles. The van der Waals surface area contributed by atoms with Crippen LogP contribution in [-0.4, -0.2) is 44.4 Å². The van der Waals surface area contributed by atoms with Crippen molar-refractivity contribution >= 4 is 21.6 Å². The Morgan fingerprint density at radius 3 is 2.40 bits per heavy atom. The van der Waals surface area contributed by atoms with Gasteiger partial charge < -0.3 is 4.74 Å². The fourth-order valence-electron chi connectivity index (χ4n) is 2.31. The summed E-state index contributed by atoms with van der Waals surface area (Å²) in [5, 5.41) is 0. The number of sulfonamides is 1. The molecule has 112 valence electrons. The molecule has 0 bridgehead atoms. The molecule has 1 saturated heterocycles. The van der Waals surface area contributed by atoms with Gasteiger partial charge >= 0.3 is 0 Å². The smallest absolute Gasteiger partial charge is 0.243 e. The minimum absolute atomic E-state index is 0.123. The van der Waals surface area contributed by atoms with Gasteiger partial charge in [-0.25, -0.2) is 8.42 Å². The lowest BCUT2D eigenvalue weighted by molar-refractivity contribution is 0.0301. The van der Waals surface area contributed by atoms with Gasteiger partial charge in [-0.1, -0.05) is 17.7 Å². The van der Waals surface area contributed by atoms with E-state index in [1.807, 2.05) is 19.1 Å². The lowest BCUT2D eigenvalue weighted by Gasteiger charge is -2.31. The maximum Gasteiger partial charge on any atom is 0.243 e. The number of rotatable bonds is 5. The molecule has 0 aromatic heterocycles. The summed E-state index contributed by atoms with van der Waals surface area (Å²) in [5.41, 5.74) is 1.05. The van der Waals surface area contributed by atoms with Crippen LogP contribution in [0.2, 0.25) is 0 Å². The summed E-state index contributed by atoms with van der Waals surface area (Å²) >= 11 is 5.58. The SMILES string of the molecule is Cc1ccc(S(=O)(=O)N2CCC(OCCCl)CC2)cc1. The molecule has 4 nitrogen and oxygen atoms in total. The van der Waals surface area contributed by atoms with Crippen molar-refractivity contribution < 1.29 is 13.2 Å². The Labute approximate surface area is 125 Å². The first kappa shape index (κ1) is 15.8. The fraction of sp³-hybridized carbons (Fsp3) is 0.571. The van der Waals surface area contributed by atoms with Gasteiger partial charge in [0.25, 0.3) is 0 Å². The Morgan fingerprint density at radius 1 is 1.25 bits per heavy atom. The first-order chi connectivity index (χ1) is 9.54. The molecule has 0 aliphatic carbocycles. The third-order valence-electron chi connectivity index (χ3n) is 3.49. The topological polar surface area (TPSA) is 46.6 Å². The average Bonchev–Trinajstić information content (AvgIpc) is 2.46. The number of aryl methyl sites for hydroxylation is 1. The normalized spacial score (nSPS) is 18.3. The second-order valence-corrected chi connectivity index (χ2v) is 7.29. The third-order valence-corrected chi connectivity index (χ3v) is 5.56. The number of halogens is 1. The summed E-state index contributed by atoms with van der Waals surface area (Å²) < 4.78 is 32.1. The van der Waals surface area contributed by atoms with Crippen molar-refractivity contribution in [3.8, 4) is 0 Å². The highest BCUT2D eigenvalue weighted by molar-refractivity contribution is 7.89. The van der Waals surface area contributed by atoms with Crippen LogP contribution >= 0.6 is 11.6 Å². The van der Waals surface area contributed by atoms with E-state index in [1.54, 1.807) is 12.1 Å². The van der Waals surface area contributed by atoms with E-state index < -0.39 is 10.0 Å². The zero-order chi connectivity index (χ0) is 14.6. The molecule has 0 radical (unpaired) electrons. The predicted molar refractivity (Wildman–Crippen MR) is 79.6 cm³/mol. The third kappa shape index (κ3) is 3.73. The van der Waals surface area contributed by atoms with Crippen molar-refractivity contribution in [3.63, 3.8) is 0 Å². The lowest BCUT2D eigenvalue weighted by Crippen LogP contribution is -2.40. The van der Waals surface area contributed by atoms with Crippen LogP contribution in [0.1, 0.15) is 18.4 Å². The van der Waals surface area contributed by atoms with Crippen molar-refractivity contribution in [2.24, 2.45) is 0 Å². The number of hydrogen-bond donors (Lipinski definition) is 0. The van der Waals surface area contributed by atoms with Crippen molar-refractivity contribution in [1.82, 2.24) is 4.31 Å². The molecule has 20 heavy (non-hydrogen) atoms. The molecule has 1 fully saturated rings. The van der Waals surface area contributed by atoms with Crippen molar-refractivity contribution in [3.05, 3.63) is 29.8 Å². The Kier molecular flexibility index (Phi) is 5.43. The standard InChI is InChI=1S/C14H20ClNO3S/c1-12-2-4-14(5-3-12)20(17,18)16-9-6-13(7-10-16)19-11-8-15/h2-5,13H,6-11H2,1H3. The average molecular weight is 318 g/mol. The van der Waals surface area contributed by atoms with Gasteiger partial charge in [-0.05, 0) is 31.9 Å². The molecular formula is C14H20ClNO3S. The quantitative estimate of drug-likeness (QED) is 0.783. The number of ether oxygens (including phenoxy) is 1. The first-order valence-electron chi connectivity index (χ1n) is 6.78. The Morgan fingerprint density at radius 2 is 1.85 bits per heavy atom. The predicted octanol–water partition coefficient (Wildman–Crippen LogP) is 2.40. The number of piperidine rings is 1. The van der Waals surface area contributed by atoms with Gasteiger partial charge in [-0.3, -0.25) is 0 Å². The van der Waals surface area contributed by atoms with Crippen molar-refractivity contribution in [1.29, 1.82) is 0 Å². The highest BCUT2D eigenvalue weighted by atomic mass is 35.5. The van der Waals surface area contributed by atoms with Gasteiger partial charge in [-0.15, -0.1) is 11.6 Å². The monoisotopic (exact) mass is 317 g/mol. The van der Waals surface area contributed by atoms with Gasteiger partial charge in [0.05, 0.1) is 17.6 Å². The van der Waals surface area contributed by atoms with Crippen LogP contribution in [0.4, 0.5) is 0 Å². The zero-order valence-electron chi connectivity index (χ0n) is 11.6. The molecule has 0 atom stereocenters. The van der Waals surface area contributed by atoms with Crippen LogP contribution in [0.25, 0.3) is 0 Å². The van der Waals surface area contributed by atoms with E-state index in [-0.39, 0.29) is 6.10 Å². The fourth-order valence-corrected chi connectivity index (χ4v) is 3.87. The number of nitrogens with zero attached hydrogens (tertiary/aromatic N) is 1. The lowest BCUT2D eigenvalue weighted by atomic mass is 10.1. The van der Waals surface area contributed by atoms with Crippen molar-refractivity contribution in [2.45, 2.75) is 30.8 Å². The Hall–Kier alpha value is -0.620. The molecule has 1 aliphatic rings. The first-order valence-corrected chi connectivity index (χ1v) is 8.76. The second-order valence-electron chi connectivity index (χ2n) is 4.98. The van der Waals surface area contributed by atoms with Crippen LogP contribution in [0.3, 0.4) is 0 Å². The molecule has 1 aromatic rings. The van der Waals surface area contributed by atoms with E-state index in [0.29, 0.717) is 30.5 Å². The van der Waals surface area contributed by atoms with Crippen LogP contribution in [0, 0.1) is 6.92 Å². The van der Waals surface area contributed by atoms with Gasteiger partial charge in [0.2, 0.25) is 10.0 Å². The number of hydrogen-bond acceptors (Lipinski definition) is 3. The number of benzene rings is 1. The van der Waals surface area contributed by atoms with E-state index in [1.165, 1.54) is 4.31 Å². The molecule has 0 amide bonds. The molecule has 6 heteroatoms. The summed E-state index contributed by atoms with van der Waals surface area (Å²) in [6.07, 6.45) is 1.57. The van der Waals surface area contributed by atoms with Gasteiger partial charge in [0.15, 0.2) is 0 Å². The summed E-state index contributed by atoms with van der Waals surface area (Å²) in [6, 6.07) is 6.98. The highest BCUT2D eigenvalue weighted by Gasteiger charge is 2.29. The van der Waals surface area contributed by atoms with Crippen LogP contribution in [0.5, 0.6) is 0 Å². The zero-order valence-corrected chi connectivity index (χ0v) is 13.2. The van der Waals surface area contributed by atoms with E-state index in [9.17, 15) is 8.42 Å². The van der Waals surface area contributed by atoms with E-state index in [0.717, 1.165) is 18.4 Å². The van der Waals surface area contributed by atoms with Gasteiger partial charge in [0, 0.05) is 19.0 Å². The molecule has 0 N–H and O–H groups in total.